The van der Waals surface area contributed by atoms with Crippen molar-refractivity contribution in [3.8, 4) is 10.6 Å². The van der Waals surface area contributed by atoms with Gasteiger partial charge in [-0.15, -0.1) is 11.3 Å². The topological polar surface area (TPSA) is 45.2 Å². The van der Waals surface area contributed by atoms with E-state index in [9.17, 15) is 4.79 Å². The van der Waals surface area contributed by atoms with Gasteiger partial charge in [-0.05, 0) is 39.2 Å². The Labute approximate surface area is 123 Å². The number of nitrogens with zero attached hydrogens (tertiary/aromatic N) is 2. The van der Waals surface area contributed by atoms with Gasteiger partial charge in [0.15, 0.2) is 0 Å². The van der Waals surface area contributed by atoms with Gasteiger partial charge in [-0.1, -0.05) is 12.1 Å². The molecule has 0 fully saturated rings. The van der Waals surface area contributed by atoms with Gasteiger partial charge in [0.05, 0.1) is 0 Å². The summed E-state index contributed by atoms with van der Waals surface area (Å²) in [6.45, 7) is 1.68. The third-order valence-electron chi connectivity index (χ3n) is 2.89. The number of amides is 1. The van der Waals surface area contributed by atoms with Gasteiger partial charge in [0, 0.05) is 29.2 Å². The van der Waals surface area contributed by atoms with Crippen molar-refractivity contribution in [2.24, 2.45) is 0 Å². The van der Waals surface area contributed by atoms with Crippen molar-refractivity contribution in [3.63, 3.8) is 0 Å². The molecule has 0 aliphatic rings. The molecular formula is C15H19N3OS. The zero-order chi connectivity index (χ0) is 14.4. The molecule has 1 amide bonds. The summed E-state index contributed by atoms with van der Waals surface area (Å²) < 4.78 is 0. The number of aromatic nitrogens is 1. The van der Waals surface area contributed by atoms with E-state index in [0.717, 1.165) is 23.5 Å². The van der Waals surface area contributed by atoms with Crippen LogP contribution in [0.3, 0.4) is 0 Å². The summed E-state index contributed by atoms with van der Waals surface area (Å²) in [7, 11) is 4.05. The Morgan fingerprint density at radius 1 is 1.30 bits per heavy atom. The van der Waals surface area contributed by atoms with Crippen molar-refractivity contribution in [2.45, 2.75) is 6.42 Å². The molecule has 4 nitrogen and oxygen atoms in total. The Kier molecular flexibility index (Phi) is 5.26. The third kappa shape index (κ3) is 4.15. The fourth-order valence-corrected chi connectivity index (χ4v) is 2.47. The van der Waals surface area contributed by atoms with Gasteiger partial charge in [-0.2, -0.15) is 0 Å². The molecule has 0 saturated carbocycles. The highest BCUT2D eigenvalue weighted by atomic mass is 32.1. The average molecular weight is 289 g/mol. The van der Waals surface area contributed by atoms with Crippen LogP contribution in [0.1, 0.15) is 16.8 Å². The molecule has 0 spiro atoms. The van der Waals surface area contributed by atoms with Crippen LogP contribution in [0, 0.1) is 0 Å². The summed E-state index contributed by atoms with van der Waals surface area (Å²) in [5.41, 5.74) is 1.74. The molecule has 0 unspecified atom stereocenters. The van der Waals surface area contributed by atoms with E-state index in [4.69, 9.17) is 0 Å². The Balaban J connectivity index is 1.88. The second-order valence-corrected chi connectivity index (χ2v) is 5.72. The lowest BCUT2D eigenvalue weighted by atomic mass is 10.1. The molecule has 0 aliphatic heterocycles. The van der Waals surface area contributed by atoms with Crippen molar-refractivity contribution < 1.29 is 4.79 Å². The summed E-state index contributed by atoms with van der Waals surface area (Å²) in [6.07, 6.45) is 2.74. The zero-order valence-electron chi connectivity index (χ0n) is 11.8. The second-order valence-electron chi connectivity index (χ2n) is 4.83. The summed E-state index contributed by atoms with van der Waals surface area (Å²) in [5, 5.41) is 5.85. The first-order valence-corrected chi connectivity index (χ1v) is 7.47. The molecule has 2 aromatic rings. The fraction of sp³-hybridized carbons (Fsp3) is 0.333. The fourth-order valence-electron chi connectivity index (χ4n) is 1.83. The normalized spacial score (nSPS) is 10.8. The number of thiazole rings is 1. The van der Waals surface area contributed by atoms with Gasteiger partial charge in [0.2, 0.25) is 0 Å². The van der Waals surface area contributed by atoms with Gasteiger partial charge in [0.1, 0.15) is 5.01 Å². The van der Waals surface area contributed by atoms with Crippen LogP contribution in [0.5, 0.6) is 0 Å². The van der Waals surface area contributed by atoms with Crippen LogP contribution in [-0.4, -0.2) is 43.0 Å². The van der Waals surface area contributed by atoms with Crippen LogP contribution >= 0.6 is 11.3 Å². The Morgan fingerprint density at radius 2 is 2.05 bits per heavy atom. The molecule has 0 saturated heterocycles. The molecular weight excluding hydrogens is 270 g/mol. The van der Waals surface area contributed by atoms with Crippen LogP contribution in [0.2, 0.25) is 0 Å². The van der Waals surface area contributed by atoms with Crippen LogP contribution < -0.4 is 5.32 Å². The van der Waals surface area contributed by atoms with E-state index >= 15 is 0 Å². The van der Waals surface area contributed by atoms with Crippen molar-refractivity contribution in [3.05, 3.63) is 41.4 Å². The predicted molar refractivity (Wildman–Crippen MR) is 83.1 cm³/mol. The zero-order valence-corrected chi connectivity index (χ0v) is 12.6. The molecule has 0 radical (unpaired) electrons. The number of carbonyl (C=O) groups is 1. The monoisotopic (exact) mass is 289 g/mol. The summed E-state index contributed by atoms with van der Waals surface area (Å²) >= 11 is 1.59. The SMILES string of the molecule is CN(C)CCCNC(=O)c1ccc(-c2nccs2)cc1. The third-order valence-corrected chi connectivity index (χ3v) is 3.72. The first-order chi connectivity index (χ1) is 9.66. The minimum Gasteiger partial charge on any atom is -0.352 e. The number of hydrogen-bond donors (Lipinski definition) is 1. The van der Waals surface area contributed by atoms with Gasteiger partial charge in [-0.25, -0.2) is 4.98 Å². The van der Waals surface area contributed by atoms with Crippen LogP contribution in [0.4, 0.5) is 0 Å². The smallest absolute Gasteiger partial charge is 0.251 e. The molecule has 0 aliphatic carbocycles. The lowest BCUT2D eigenvalue weighted by molar-refractivity contribution is 0.0952. The maximum Gasteiger partial charge on any atom is 0.251 e. The second kappa shape index (κ2) is 7.17. The van der Waals surface area contributed by atoms with Crippen LogP contribution in [-0.2, 0) is 0 Å². The minimum absolute atomic E-state index is 0.0190. The van der Waals surface area contributed by atoms with Gasteiger partial charge >= 0.3 is 0 Å². The summed E-state index contributed by atoms with van der Waals surface area (Å²) in [5.74, 6) is -0.0190. The maximum atomic E-state index is 11.9. The summed E-state index contributed by atoms with van der Waals surface area (Å²) in [6, 6.07) is 7.57. The van der Waals surface area contributed by atoms with E-state index in [1.165, 1.54) is 0 Å². The van der Waals surface area contributed by atoms with E-state index in [1.807, 2.05) is 43.7 Å². The average Bonchev–Trinajstić information content (AvgIpc) is 2.97. The lowest BCUT2D eigenvalue weighted by Crippen LogP contribution is -2.27. The highest BCUT2D eigenvalue weighted by Gasteiger charge is 2.06. The van der Waals surface area contributed by atoms with Crippen LogP contribution in [0.25, 0.3) is 10.6 Å². The van der Waals surface area contributed by atoms with E-state index < -0.39 is 0 Å². The Bertz CT molecular complexity index is 535. The molecule has 0 atom stereocenters. The minimum atomic E-state index is -0.0190. The maximum absolute atomic E-state index is 11.9. The molecule has 1 heterocycles. The van der Waals surface area contributed by atoms with Crippen molar-refractivity contribution >= 4 is 17.2 Å². The van der Waals surface area contributed by atoms with Gasteiger partial charge in [-0.3, -0.25) is 4.79 Å². The molecule has 1 N–H and O–H groups in total. The Hall–Kier alpha value is -1.72. The quantitative estimate of drug-likeness (QED) is 0.831. The molecule has 106 valence electrons. The van der Waals surface area contributed by atoms with Gasteiger partial charge < -0.3 is 10.2 Å². The number of benzene rings is 1. The van der Waals surface area contributed by atoms with Gasteiger partial charge in [0.25, 0.3) is 5.91 Å². The molecule has 0 bridgehead atoms. The molecule has 20 heavy (non-hydrogen) atoms. The van der Waals surface area contributed by atoms with E-state index in [-0.39, 0.29) is 5.91 Å². The first-order valence-electron chi connectivity index (χ1n) is 6.59. The van der Waals surface area contributed by atoms with E-state index in [2.05, 4.69) is 15.2 Å². The summed E-state index contributed by atoms with van der Waals surface area (Å²) in [4.78, 5) is 18.3. The largest absolute Gasteiger partial charge is 0.352 e. The first kappa shape index (κ1) is 14.7. The van der Waals surface area contributed by atoms with E-state index in [1.54, 1.807) is 17.5 Å². The number of nitrogens with one attached hydrogen (secondary N) is 1. The van der Waals surface area contributed by atoms with Crippen molar-refractivity contribution in [1.82, 2.24) is 15.2 Å². The predicted octanol–water partition coefficient (Wildman–Crippen LogP) is 2.49. The standard InChI is InChI=1S/C15H19N3OS/c1-18(2)10-3-8-16-14(19)12-4-6-13(7-5-12)15-17-9-11-20-15/h4-7,9,11H,3,8,10H2,1-2H3,(H,16,19). The van der Waals surface area contributed by atoms with Crippen LogP contribution in [0.15, 0.2) is 35.8 Å². The highest BCUT2D eigenvalue weighted by molar-refractivity contribution is 7.13. The number of carbonyl (C=O) groups excluding carboxylic acids is 1. The van der Waals surface area contributed by atoms with E-state index in [0.29, 0.717) is 12.1 Å². The lowest BCUT2D eigenvalue weighted by Gasteiger charge is -2.10. The number of rotatable bonds is 6. The molecule has 5 heteroatoms. The van der Waals surface area contributed by atoms with Crippen molar-refractivity contribution in [2.75, 3.05) is 27.2 Å². The Morgan fingerprint density at radius 3 is 2.65 bits per heavy atom. The van der Waals surface area contributed by atoms with Crippen molar-refractivity contribution in [1.29, 1.82) is 0 Å². The molecule has 2 rings (SSSR count). The molecule has 1 aromatic carbocycles. The number of hydrogen-bond acceptors (Lipinski definition) is 4. The molecule has 1 aromatic heterocycles. The highest BCUT2D eigenvalue weighted by Crippen LogP contribution is 2.21.